The summed E-state index contributed by atoms with van der Waals surface area (Å²) >= 11 is 5.72. The van der Waals surface area contributed by atoms with E-state index in [4.69, 9.17) is 43.1 Å². The van der Waals surface area contributed by atoms with Gasteiger partial charge in [-0.3, -0.25) is 24.5 Å². The number of alkyl halides is 2. The summed E-state index contributed by atoms with van der Waals surface area (Å²) in [4.78, 5) is 50.7. The predicted octanol–water partition coefficient (Wildman–Crippen LogP) is 0.0462. The molecule has 2 aliphatic rings. The van der Waals surface area contributed by atoms with Crippen molar-refractivity contribution in [3.05, 3.63) is 63.7 Å². The third-order valence-corrected chi connectivity index (χ3v) is 6.43. The number of hydrogen-bond acceptors (Lipinski definition) is 4. The van der Waals surface area contributed by atoms with Gasteiger partial charge in [0.2, 0.25) is 19.8 Å². The van der Waals surface area contributed by atoms with Gasteiger partial charge in [-0.25, -0.2) is 0 Å². The minimum Gasteiger partial charge on any atom is -0.387 e. The number of hydrogen-bond donors (Lipinski definition) is 1. The molecule has 174 valence electrons. The molecule has 2 aliphatic heterocycles. The lowest BCUT2D eigenvalue weighted by Crippen LogP contribution is -2.59. The highest BCUT2D eigenvalue weighted by Crippen LogP contribution is 2.37. The number of imide groups is 1. The fourth-order valence-electron chi connectivity index (χ4n) is 4.37. The van der Waals surface area contributed by atoms with Gasteiger partial charge in [-0.15, -0.1) is 0 Å². The number of carbonyl (C=O) groups excluding carboxylic acids is 4. The van der Waals surface area contributed by atoms with Crippen molar-refractivity contribution in [1.29, 1.82) is 0 Å². The number of nitrogens with zero attached hydrogens (tertiary/aromatic N) is 2. The van der Waals surface area contributed by atoms with Crippen LogP contribution in [-0.2, 0) is 32.2 Å². The van der Waals surface area contributed by atoms with Crippen molar-refractivity contribution in [3.63, 3.8) is 0 Å². The second kappa shape index (κ2) is 9.10. The molecule has 0 aliphatic carbocycles. The Morgan fingerprint density at radius 2 is 1.81 bits per heavy atom. The largest absolute Gasteiger partial charge is 0.387 e. The maximum atomic E-state index is 14.8. The summed E-state index contributed by atoms with van der Waals surface area (Å²) in [6.07, 6.45) is -0.0302. The second-order valence-electron chi connectivity index (χ2n) is 8.54. The highest BCUT2D eigenvalue weighted by molar-refractivity contribution is 6.47. The van der Waals surface area contributed by atoms with E-state index in [9.17, 15) is 28.0 Å². The highest BCUT2D eigenvalue weighted by atomic mass is 35.5. The minimum atomic E-state index is -3.96. The van der Waals surface area contributed by atoms with Crippen LogP contribution < -0.4 is 10.8 Å². The maximum Gasteiger partial charge on any atom is 0.348 e. The lowest BCUT2D eigenvalue weighted by molar-refractivity contribution is -0.154. The van der Waals surface area contributed by atoms with Crippen molar-refractivity contribution in [3.8, 4) is 0 Å². The van der Waals surface area contributed by atoms with E-state index in [-0.39, 0.29) is 44.8 Å². The monoisotopic (exact) mass is 501 g/mol. The molecule has 1 N–H and O–H groups in total. The van der Waals surface area contributed by atoms with Crippen LogP contribution in [0.1, 0.15) is 39.9 Å². The van der Waals surface area contributed by atoms with Crippen LogP contribution in [0.5, 0.6) is 0 Å². The van der Waals surface area contributed by atoms with Crippen LogP contribution in [0.25, 0.3) is 0 Å². The van der Waals surface area contributed by atoms with Crippen LogP contribution in [0.3, 0.4) is 0 Å². The van der Waals surface area contributed by atoms with Crippen molar-refractivity contribution in [2.75, 3.05) is 0 Å². The number of rotatable bonds is 5. The molecule has 0 saturated carbocycles. The Kier molecular flexibility index (Phi) is 6.58. The van der Waals surface area contributed by atoms with E-state index in [0.29, 0.717) is 0 Å². The van der Waals surface area contributed by atoms with Crippen molar-refractivity contribution < 1.29 is 28.0 Å². The SMILES string of the molecule is [B]c1c(CN([B])C(=O)C(F)(F)c2ccc(Cl)cc2)ccc2c1C([B])([B])N(C1CCC(=O)NC1=O)C2=O. The zero-order valence-electron chi connectivity index (χ0n) is 18.6. The van der Waals surface area contributed by atoms with E-state index in [1.165, 1.54) is 24.3 Å². The molecule has 1 fully saturated rings. The van der Waals surface area contributed by atoms with Gasteiger partial charge >= 0.3 is 5.92 Å². The molecular formula is C22H14B4ClF2N3O4. The third-order valence-electron chi connectivity index (χ3n) is 6.18. The number of piperidine rings is 1. The first kappa shape index (κ1) is 26.0. The Labute approximate surface area is 215 Å². The molecule has 1 atom stereocenters. The number of amides is 4. The third kappa shape index (κ3) is 4.23. The molecular weight excluding hydrogens is 487 g/mol. The molecule has 4 amide bonds. The first-order valence-corrected chi connectivity index (χ1v) is 11.0. The minimum absolute atomic E-state index is 0.00182. The molecule has 36 heavy (non-hydrogen) atoms. The molecule has 1 saturated heterocycles. The summed E-state index contributed by atoms with van der Waals surface area (Å²) in [7, 11) is 24.4. The first-order valence-electron chi connectivity index (χ1n) is 10.6. The Balaban J connectivity index is 1.62. The van der Waals surface area contributed by atoms with Crippen LogP contribution in [0.15, 0.2) is 36.4 Å². The van der Waals surface area contributed by atoms with Gasteiger partial charge in [0.05, 0.1) is 15.7 Å². The van der Waals surface area contributed by atoms with Gasteiger partial charge < -0.3 is 9.71 Å². The summed E-state index contributed by atoms with van der Waals surface area (Å²) in [6.45, 7) is -0.566. The molecule has 2 aromatic rings. The number of carbonyl (C=O) groups is 4. The number of halogens is 3. The molecule has 2 aromatic carbocycles. The lowest BCUT2D eigenvalue weighted by atomic mass is 9.55. The molecule has 0 bridgehead atoms. The molecule has 14 heteroatoms. The van der Waals surface area contributed by atoms with Gasteiger partial charge in [0.15, 0.2) is 0 Å². The average Bonchev–Trinajstić information content (AvgIpc) is 3.01. The zero-order chi connectivity index (χ0) is 26.6. The van der Waals surface area contributed by atoms with Crippen molar-refractivity contribution in [2.45, 2.75) is 36.7 Å². The van der Waals surface area contributed by atoms with Gasteiger partial charge in [-0.1, -0.05) is 35.3 Å². The van der Waals surface area contributed by atoms with Crippen LogP contribution >= 0.6 is 11.6 Å². The molecule has 1 unspecified atom stereocenters. The summed E-state index contributed by atoms with van der Waals surface area (Å²) in [5, 5.41) is 0.283. The highest BCUT2D eigenvalue weighted by Gasteiger charge is 2.49. The molecule has 8 radical (unpaired) electrons. The summed E-state index contributed by atoms with van der Waals surface area (Å²) in [5.74, 6) is -7.61. The van der Waals surface area contributed by atoms with E-state index in [2.05, 4.69) is 5.32 Å². The Hall–Kier alpha value is -3.07. The smallest absolute Gasteiger partial charge is 0.348 e. The number of benzene rings is 2. The van der Waals surface area contributed by atoms with Crippen LogP contribution in [0.2, 0.25) is 5.02 Å². The average molecular weight is 501 g/mol. The van der Waals surface area contributed by atoms with Crippen molar-refractivity contribution in [2.24, 2.45) is 0 Å². The summed E-state index contributed by atoms with van der Waals surface area (Å²) < 4.78 is 29.5. The van der Waals surface area contributed by atoms with Gasteiger partial charge in [0, 0.05) is 29.1 Å². The standard InChI is InChI=1S/C22H14B4ClF2N3O4/c23-17-10(9-31(26)20(36)21(28,29)11-2-4-12(27)5-3-11)1-6-13-16(17)22(24,25)32(19(13)35)14-7-8-15(33)30-18(14)34/h1-6,14H,7-9H2,(H,30,33,34). The number of fused-ring (bicyclic) bond motifs is 1. The predicted molar refractivity (Wildman–Crippen MR) is 129 cm³/mol. The summed E-state index contributed by atoms with van der Waals surface area (Å²) in [5.41, 5.74) is -0.733. The van der Waals surface area contributed by atoms with Crippen LogP contribution in [-0.4, -0.2) is 70.9 Å². The number of nitrogens with one attached hydrogen (secondary N) is 1. The Bertz CT molecular complexity index is 1290. The van der Waals surface area contributed by atoms with Gasteiger partial charge in [-0.05, 0) is 41.1 Å². The van der Waals surface area contributed by atoms with Crippen molar-refractivity contribution in [1.82, 2.24) is 15.0 Å². The van der Waals surface area contributed by atoms with E-state index in [1.807, 2.05) is 0 Å². The molecule has 2 heterocycles. The normalized spacial score (nSPS) is 19.1. The Morgan fingerprint density at radius 1 is 1.17 bits per heavy atom. The van der Waals surface area contributed by atoms with Crippen molar-refractivity contribution >= 4 is 72.2 Å². The van der Waals surface area contributed by atoms with Gasteiger partial charge in [-0.2, -0.15) is 8.78 Å². The zero-order valence-corrected chi connectivity index (χ0v) is 19.4. The molecule has 4 rings (SSSR count). The second-order valence-corrected chi connectivity index (χ2v) is 8.98. The van der Waals surface area contributed by atoms with E-state index < -0.39 is 53.0 Å². The molecule has 0 aromatic heterocycles. The maximum absolute atomic E-state index is 14.8. The fraction of sp³-hybridized carbons (Fsp3) is 0.273. The Morgan fingerprint density at radius 3 is 2.42 bits per heavy atom. The van der Waals surface area contributed by atoms with E-state index in [0.717, 1.165) is 17.0 Å². The van der Waals surface area contributed by atoms with Crippen LogP contribution in [0.4, 0.5) is 8.78 Å². The lowest BCUT2D eigenvalue weighted by Gasteiger charge is -2.41. The molecule has 7 nitrogen and oxygen atoms in total. The van der Waals surface area contributed by atoms with E-state index >= 15 is 0 Å². The van der Waals surface area contributed by atoms with Gasteiger partial charge in [0.25, 0.3) is 11.8 Å². The van der Waals surface area contributed by atoms with E-state index in [1.54, 1.807) is 0 Å². The first-order chi connectivity index (χ1) is 16.8. The van der Waals surface area contributed by atoms with Gasteiger partial charge in [0.1, 0.15) is 13.9 Å². The topological polar surface area (TPSA) is 86.8 Å². The van der Waals surface area contributed by atoms with Crippen LogP contribution in [0, 0.1) is 0 Å². The quantitative estimate of drug-likeness (QED) is 0.464. The molecule has 0 spiro atoms. The summed E-state index contributed by atoms with van der Waals surface area (Å²) in [6, 6.07) is 5.93. The fourth-order valence-corrected chi connectivity index (χ4v) is 4.50.